The molecule has 1 aromatic carbocycles. The first kappa shape index (κ1) is 13.0. The highest BCUT2D eigenvalue weighted by Crippen LogP contribution is 2.19. The molecule has 0 aromatic heterocycles. The van der Waals surface area contributed by atoms with Crippen molar-refractivity contribution < 1.29 is 0 Å². The zero-order chi connectivity index (χ0) is 12.1. The van der Waals surface area contributed by atoms with Crippen LogP contribution in [0.1, 0.15) is 35.6 Å². The third kappa shape index (κ3) is 3.49. The van der Waals surface area contributed by atoms with E-state index < -0.39 is 0 Å². The lowest BCUT2D eigenvalue weighted by Crippen LogP contribution is -1.99. The van der Waals surface area contributed by atoms with Gasteiger partial charge in [-0.2, -0.15) is 0 Å². The van der Waals surface area contributed by atoms with Gasteiger partial charge in [0.05, 0.1) is 0 Å². The zero-order valence-electron chi connectivity index (χ0n) is 10.9. The lowest BCUT2D eigenvalue weighted by Gasteiger charge is -2.11. The van der Waals surface area contributed by atoms with Crippen LogP contribution in [0, 0.1) is 20.8 Å². The second-order valence-corrected chi connectivity index (χ2v) is 4.68. The molecule has 88 valence electrons. The first-order valence-electron chi connectivity index (χ1n) is 5.97. The predicted octanol–water partition coefficient (Wildman–Crippen LogP) is 3.45. The Bertz CT molecular complexity index is 365. The van der Waals surface area contributed by atoms with E-state index in [9.17, 15) is 0 Å². The second-order valence-electron chi connectivity index (χ2n) is 4.68. The fourth-order valence-electron chi connectivity index (χ4n) is 2.17. The van der Waals surface area contributed by atoms with Crippen molar-refractivity contribution in [2.45, 2.75) is 40.5 Å². The van der Waals surface area contributed by atoms with Gasteiger partial charge in [-0.25, -0.2) is 0 Å². The number of benzene rings is 1. The highest BCUT2D eigenvalue weighted by Gasteiger charge is 2.04. The predicted molar refractivity (Wildman–Crippen MR) is 71.8 cm³/mol. The Hall–Kier alpha value is -1.08. The largest absolute Gasteiger partial charge is 0.330 e. The third-order valence-electron chi connectivity index (χ3n) is 2.96. The van der Waals surface area contributed by atoms with Crippen LogP contribution in [0.3, 0.4) is 0 Å². The summed E-state index contributed by atoms with van der Waals surface area (Å²) in [4.78, 5) is 0. The van der Waals surface area contributed by atoms with Gasteiger partial charge in [0, 0.05) is 0 Å². The van der Waals surface area contributed by atoms with Gasteiger partial charge in [0.1, 0.15) is 0 Å². The van der Waals surface area contributed by atoms with Crippen LogP contribution in [0.15, 0.2) is 23.8 Å². The Kier molecular flexibility index (Phi) is 4.75. The van der Waals surface area contributed by atoms with Crippen molar-refractivity contribution in [1.82, 2.24) is 0 Å². The SMILES string of the molecule is CC(=CCCN)Cc1c(C)cc(C)cc1C. The number of rotatable bonds is 4. The van der Waals surface area contributed by atoms with E-state index in [4.69, 9.17) is 5.73 Å². The average Bonchev–Trinajstić information content (AvgIpc) is 2.20. The molecule has 2 N–H and O–H groups in total. The molecule has 0 heterocycles. The fraction of sp³-hybridized carbons (Fsp3) is 0.467. The first-order valence-corrected chi connectivity index (χ1v) is 5.97. The summed E-state index contributed by atoms with van der Waals surface area (Å²) >= 11 is 0. The lowest BCUT2D eigenvalue weighted by molar-refractivity contribution is 0.976. The molecule has 0 aliphatic heterocycles. The van der Waals surface area contributed by atoms with Crippen LogP contribution >= 0.6 is 0 Å². The van der Waals surface area contributed by atoms with Crippen LogP contribution in [-0.2, 0) is 6.42 Å². The molecular formula is C15H23N. The Morgan fingerprint density at radius 1 is 1.19 bits per heavy atom. The summed E-state index contributed by atoms with van der Waals surface area (Å²) in [6, 6.07) is 4.52. The van der Waals surface area contributed by atoms with E-state index in [0.717, 1.165) is 19.4 Å². The van der Waals surface area contributed by atoms with Gasteiger partial charge < -0.3 is 5.73 Å². The van der Waals surface area contributed by atoms with Gasteiger partial charge in [-0.15, -0.1) is 0 Å². The van der Waals surface area contributed by atoms with Gasteiger partial charge in [0.25, 0.3) is 0 Å². The minimum atomic E-state index is 0.739. The maximum atomic E-state index is 5.51. The van der Waals surface area contributed by atoms with Crippen molar-refractivity contribution in [1.29, 1.82) is 0 Å². The number of hydrogen-bond acceptors (Lipinski definition) is 1. The molecule has 0 atom stereocenters. The Balaban J connectivity index is 2.89. The van der Waals surface area contributed by atoms with Crippen molar-refractivity contribution in [3.63, 3.8) is 0 Å². The molecule has 0 radical (unpaired) electrons. The molecule has 0 saturated heterocycles. The van der Waals surface area contributed by atoms with E-state index in [1.54, 1.807) is 0 Å². The van der Waals surface area contributed by atoms with Crippen LogP contribution in [-0.4, -0.2) is 6.54 Å². The minimum absolute atomic E-state index is 0.739. The second kappa shape index (κ2) is 5.86. The summed E-state index contributed by atoms with van der Waals surface area (Å²) in [6.45, 7) is 9.48. The van der Waals surface area contributed by atoms with Crippen molar-refractivity contribution in [2.75, 3.05) is 6.54 Å². The Morgan fingerprint density at radius 3 is 2.25 bits per heavy atom. The third-order valence-corrected chi connectivity index (χ3v) is 2.96. The number of allylic oxidation sites excluding steroid dienone is 1. The highest BCUT2D eigenvalue weighted by atomic mass is 14.5. The molecule has 0 aliphatic carbocycles. The standard InChI is InChI=1S/C15H23N/c1-11(6-5-7-16)10-15-13(3)8-12(2)9-14(15)4/h6,8-9H,5,7,10,16H2,1-4H3. The topological polar surface area (TPSA) is 26.0 Å². The molecule has 0 saturated carbocycles. The molecule has 1 heteroatoms. The van der Waals surface area contributed by atoms with Gasteiger partial charge in [0.2, 0.25) is 0 Å². The summed E-state index contributed by atoms with van der Waals surface area (Å²) in [5.41, 5.74) is 12.5. The van der Waals surface area contributed by atoms with Crippen LogP contribution in [0.25, 0.3) is 0 Å². The van der Waals surface area contributed by atoms with Crippen molar-refractivity contribution >= 4 is 0 Å². The summed E-state index contributed by atoms with van der Waals surface area (Å²) in [5, 5.41) is 0. The number of hydrogen-bond donors (Lipinski definition) is 1. The van der Waals surface area contributed by atoms with E-state index in [-0.39, 0.29) is 0 Å². The van der Waals surface area contributed by atoms with Gasteiger partial charge in [-0.1, -0.05) is 29.3 Å². The molecule has 0 bridgehead atoms. The molecule has 16 heavy (non-hydrogen) atoms. The van der Waals surface area contributed by atoms with E-state index in [0.29, 0.717) is 0 Å². The summed E-state index contributed by atoms with van der Waals surface area (Å²) in [6.07, 6.45) is 4.28. The molecule has 0 unspecified atom stereocenters. The van der Waals surface area contributed by atoms with E-state index in [1.807, 2.05) is 0 Å². The molecule has 1 aromatic rings. The molecule has 1 rings (SSSR count). The van der Waals surface area contributed by atoms with E-state index >= 15 is 0 Å². The van der Waals surface area contributed by atoms with E-state index in [1.165, 1.54) is 27.8 Å². The maximum absolute atomic E-state index is 5.51. The first-order chi connectivity index (χ1) is 7.54. The van der Waals surface area contributed by atoms with Crippen LogP contribution in [0.5, 0.6) is 0 Å². The number of nitrogens with two attached hydrogens (primary N) is 1. The lowest BCUT2D eigenvalue weighted by atomic mass is 9.94. The minimum Gasteiger partial charge on any atom is -0.330 e. The molecule has 0 fully saturated rings. The summed E-state index contributed by atoms with van der Waals surface area (Å²) in [7, 11) is 0. The van der Waals surface area contributed by atoms with Gasteiger partial charge in [-0.3, -0.25) is 0 Å². The highest BCUT2D eigenvalue weighted by molar-refractivity contribution is 5.39. The summed E-state index contributed by atoms with van der Waals surface area (Å²) < 4.78 is 0. The normalized spacial score (nSPS) is 11.9. The maximum Gasteiger partial charge on any atom is -0.00425 e. The molecular weight excluding hydrogens is 194 g/mol. The van der Waals surface area contributed by atoms with Crippen LogP contribution in [0.4, 0.5) is 0 Å². The van der Waals surface area contributed by atoms with Crippen molar-refractivity contribution in [3.8, 4) is 0 Å². The zero-order valence-corrected chi connectivity index (χ0v) is 10.9. The van der Waals surface area contributed by atoms with Gasteiger partial charge in [-0.05, 0) is 63.8 Å². The quantitative estimate of drug-likeness (QED) is 0.768. The van der Waals surface area contributed by atoms with Crippen molar-refractivity contribution in [3.05, 3.63) is 46.0 Å². The smallest absolute Gasteiger partial charge is 0.00425 e. The Labute approximate surface area is 99.4 Å². The van der Waals surface area contributed by atoms with Crippen LogP contribution < -0.4 is 5.73 Å². The van der Waals surface area contributed by atoms with Gasteiger partial charge in [0.15, 0.2) is 0 Å². The molecule has 0 amide bonds. The fourth-order valence-corrected chi connectivity index (χ4v) is 2.17. The summed E-state index contributed by atoms with van der Waals surface area (Å²) in [5.74, 6) is 0. The number of aryl methyl sites for hydroxylation is 3. The molecule has 0 aliphatic rings. The monoisotopic (exact) mass is 217 g/mol. The molecule has 1 nitrogen and oxygen atoms in total. The van der Waals surface area contributed by atoms with Crippen LogP contribution in [0.2, 0.25) is 0 Å². The molecule has 0 spiro atoms. The Morgan fingerprint density at radius 2 is 1.75 bits per heavy atom. The van der Waals surface area contributed by atoms with E-state index in [2.05, 4.69) is 45.9 Å². The average molecular weight is 217 g/mol. The van der Waals surface area contributed by atoms with Crippen molar-refractivity contribution in [2.24, 2.45) is 5.73 Å². The van der Waals surface area contributed by atoms with Gasteiger partial charge >= 0.3 is 0 Å².